The summed E-state index contributed by atoms with van der Waals surface area (Å²) in [7, 11) is 6.85. The number of hydrogen-bond donors (Lipinski definition) is 0. The molecular formula is C39H36N2. The average Bonchev–Trinajstić information content (AvgIpc) is 3.02. The van der Waals surface area contributed by atoms with Gasteiger partial charge in [0, 0.05) is 19.8 Å². The Hall–Kier alpha value is -4.82. The number of benzene rings is 5. The summed E-state index contributed by atoms with van der Waals surface area (Å²) in [6, 6.07) is 50.0. The van der Waals surface area contributed by atoms with E-state index in [9.17, 15) is 0 Å². The van der Waals surface area contributed by atoms with Gasteiger partial charge in [0.15, 0.2) is 0 Å². The predicted octanol–water partition coefficient (Wildman–Crippen LogP) is 9.45. The fourth-order valence-electron chi connectivity index (χ4n) is 5.91. The molecule has 2 nitrogen and oxygen atoms in total. The summed E-state index contributed by atoms with van der Waals surface area (Å²) in [6.45, 7) is 4.48. The number of fused-ring (bicyclic) bond motifs is 1. The van der Waals surface area contributed by atoms with Crippen LogP contribution in [0.4, 0.5) is 5.69 Å². The number of rotatable bonds is 7. The monoisotopic (exact) mass is 532 g/mol. The molecule has 0 amide bonds. The summed E-state index contributed by atoms with van der Waals surface area (Å²) in [5.41, 5.74) is 9.56. The molecule has 0 aliphatic heterocycles. The third kappa shape index (κ3) is 5.10. The van der Waals surface area contributed by atoms with Gasteiger partial charge in [-0.3, -0.25) is 0 Å². The topological polar surface area (TPSA) is 7.12 Å². The Morgan fingerprint density at radius 3 is 2.02 bits per heavy atom. The highest BCUT2D eigenvalue weighted by atomic mass is 15.2. The molecule has 0 radical (unpaired) electrons. The summed E-state index contributed by atoms with van der Waals surface area (Å²) < 4.78 is 2.13. The summed E-state index contributed by atoms with van der Waals surface area (Å²) in [6.07, 6.45) is 0. The molecule has 0 bridgehead atoms. The van der Waals surface area contributed by atoms with Crippen LogP contribution in [0.15, 0.2) is 140 Å². The van der Waals surface area contributed by atoms with Crippen molar-refractivity contribution < 1.29 is 4.57 Å². The smallest absolute Gasteiger partial charge is 0.112 e. The molecule has 6 rings (SSSR count). The summed E-state index contributed by atoms with van der Waals surface area (Å²) in [5, 5.41) is 2.45. The molecular weight excluding hydrogens is 496 g/mol. The van der Waals surface area contributed by atoms with Crippen LogP contribution in [0.1, 0.15) is 42.6 Å². The molecule has 0 aliphatic rings. The molecule has 41 heavy (non-hydrogen) atoms. The van der Waals surface area contributed by atoms with Crippen LogP contribution in [0, 0.1) is 7.05 Å². The van der Waals surface area contributed by atoms with E-state index in [-0.39, 0.29) is 6.04 Å². The second-order valence-corrected chi connectivity index (χ2v) is 11.0. The number of nitrogens with zero attached hydrogens (tertiary/aromatic N) is 2. The van der Waals surface area contributed by atoms with Crippen molar-refractivity contribution in [2.24, 2.45) is 0 Å². The lowest BCUT2D eigenvalue weighted by atomic mass is 9.91. The third-order valence-electron chi connectivity index (χ3n) is 8.16. The molecule has 0 N–H and O–H groups in total. The Bertz CT molecular complexity index is 1780. The number of anilines is 1. The zero-order valence-corrected chi connectivity index (χ0v) is 24.0. The molecule has 1 unspecified atom stereocenters. The van der Waals surface area contributed by atoms with E-state index in [4.69, 9.17) is 0 Å². The van der Waals surface area contributed by atoms with Crippen LogP contribution in [-0.2, 0) is 0 Å². The molecule has 0 spiro atoms. The van der Waals surface area contributed by atoms with E-state index < -0.39 is 0 Å². The van der Waals surface area contributed by atoms with Crippen molar-refractivity contribution in [3.63, 3.8) is 0 Å². The predicted molar refractivity (Wildman–Crippen MR) is 173 cm³/mol. The summed E-state index contributed by atoms with van der Waals surface area (Å²) >= 11 is 0. The van der Waals surface area contributed by atoms with Crippen molar-refractivity contribution in [2.45, 2.75) is 25.8 Å². The van der Waals surface area contributed by atoms with E-state index in [1.54, 1.807) is 0 Å². The molecule has 0 saturated carbocycles. The molecule has 5 aromatic carbocycles. The quantitative estimate of drug-likeness (QED) is 0.147. The van der Waals surface area contributed by atoms with Gasteiger partial charge in [-0.25, -0.2) is 0 Å². The Morgan fingerprint density at radius 2 is 1.24 bits per heavy atom. The van der Waals surface area contributed by atoms with E-state index in [0.717, 1.165) is 17.1 Å². The van der Waals surface area contributed by atoms with Gasteiger partial charge in [-0.1, -0.05) is 129 Å². The lowest BCUT2D eigenvalue weighted by Gasteiger charge is -2.34. The maximum Gasteiger partial charge on any atom is 0.112 e. The summed E-state index contributed by atoms with van der Waals surface area (Å²) in [5.74, 6) is 0.489. The molecule has 1 atom stereocenters. The first-order valence-electron chi connectivity index (χ1n) is 14.3. The van der Waals surface area contributed by atoms with Crippen molar-refractivity contribution in [3.8, 4) is 22.4 Å². The van der Waals surface area contributed by atoms with E-state index in [1.807, 2.05) is 0 Å². The zero-order chi connectivity index (χ0) is 28.3. The van der Waals surface area contributed by atoms with E-state index >= 15 is 0 Å². The molecule has 0 saturated heterocycles. The first-order chi connectivity index (χ1) is 20.0. The lowest BCUT2D eigenvalue weighted by Crippen LogP contribution is -2.40. The molecule has 1 aromatic heterocycles. The highest BCUT2D eigenvalue weighted by molar-refractivity contribution is 5.95. The van der Waals surface area contributed by atoms with Crippen LogP contribution < -0.4 is 9.47 Å². The molecule has 1 heterocycles. The van der Waals surface area contributed by atoms with E-state index in [0.29, 0.717) is 5.92 Å². The van der Waals surface area contributed by atoms with Crippen molar-refractivity contribution in [1.82, 2.24) is 0 Å². The Morgan fingerprint density at radius 1 is 0.610 bits per heavy atom. The van der Waals surface area contributed by atoms with Gasteiger partial charge in [0.25, 0.3) is 0 Å². The molecule has 2 heteroatoms. The van der Waals surface area contributed by atoms with E-state index in [1.165, 1.54) is 38.6 Å². The molecule has 6 aromatic rings. The minimum atomic E-state index is -0.0799. The van der Waals surface area contributed by atoms with Gasteiger partial charge in [0.2, 0.25) is 0 Å². The van der Waals surface area contributed by atoms with Gasteiger partial charge in [-0.15, -0.1) is 0 Å². The van der Waals surface area contributed by atoms with Crippen molar-refractivity contribution in [2.75, 3.05) is 11.9 Å². The van der Waals surface area contributed by atoms with E-state index in [2.05, 4.69) is 177 Å². The molecule has 0 aliphatic carbocycles. The number of aromatic nitrogens is 1. The first kappa shape index (κ1) is 26.4. The van der Waals surface area contributed by atoms with Gasteiger partial charge < -0.3 is 9.47 Å². The average molecular weight is 533 g/mol. The van der Waals surface area contributed by atoms with Crippen molar-refractivity contribution in [1.29, 1.82) is 0 Å². The normalized spacial score (nSPS) is 12.0. The standard InChI is InChI=1S/C39H36N2/c1-28(2)29-24-26-32(27-25-29)40(3)39(36-20-11-10-19-34(36)30-14-6-5-7-15-30)38-23-13-22-37(41(38)4)35-21-12-17-31-16-8-9-18-33(31)35/h5-28,39H,4H2,1-3H3. The fraction of sp³-hybridized carbons (Fsp3) is 0.128. The largest absolute Gasteiger partial charge is 0.368 e. The molecule has 202 valence electrons. The third-order valence-corrected chi connectivity index (χ3v) is 8.16. The zero-order valence-electron chi connectivity index (χ0n) is 24.0. The number of pyridine rings is 1. The van der Waals surface area contributed by atoms with Crippen LogP contribution in [0.3, 0.4) is 0 Å². The minimum Gasteiger partial charge on any atom is -0.368 e. The van der Waals surface area contributed by atoms with Gasteiger partial charge in [-0.05, 0) is 68.8 Å². The summed E-state index contributed by atoms with van der Waals surface area (Å²) in [4.78, 5) is 2.38. The van der Waals surface area contributed by atoms with Gasteiger partial charge in [-0.2, -0.15) is 0 Å². The van der Waals surface area contributed by atoms with Gasteiger partial charge in [0.05, 0.1) is 6.04 Å². The second-order valence-electron chi connectivity index (χ2n) is 11.0. The van der Waals surface area contributed by atoms with Crippen LogP contribution in [-0.4, -0.2) is 7.05 Å². The van der Waals surface area contributed by atoms with Crippen LogP contribution >= 0.6 is 0 Å². The van der Waals surface area contributed by atoms with Crippen LogP contribution in [0.25, 0.3) is 33.2 Å². The lowest BCUT2D eigenvalue weighted by molar-refractivity contribution is -0.610. The second kappa shape index (κ2) is 11.3. The van der Waals surface area contributed by atoms with Crippen molar-refractivity contribution in [3.05, 3.63) is 163 Å². The maximum absolute atomic E-state index is 4.66. The Balaban J connectivity index is 1.56. The van der Waals surface area contributed by atoms with Crippen molar-refractivity contribution >= 4 is 16.5 Å². The fourth-order valence-corrected chi connectivity index (χ4v) is 5.91. The first-order valence-corrected chi connectivity index (χ1v) is 14.3. The highest BCUT2D eigenvalue weighted by Gasteiger charge is 2.26. The van der Waals surface area contributed by atoms with Gasteiger partial charge >= 0.3 is 0 Å². The molecule has 0 fully saturated rings. The maximum atomic E-state index is 4.66. The highest BCUT2D eigenvalue weighted by Crippen LogP contribution is 2.37. The Labute approximate surface area is 244 Å². The van der Waals surface area contributed by atoms with Gasteiger partial charge in [0.1, 0.15) is 11.4 Å². The Kier molecular flexibility index (Phi) is 7.31. The minimum absolute atomic E-state index is 0.0799. The number of hydrogen-bond acceptors (Lipinski definition) is 1. The van der Waals surface area contributed by atoms with Crippen LogP contribution in [0.2, 0.25) is 0 Å². The van der Waals surface area contributed by atoms with Crippen LogP contribution in [0.5, 0.6) is 0 Å². The SMILES string of the molecule is [CH2-][n+]1c(-c2cccc3ccccc23)cccc1C(c1ccccc1-c1ccccc1)N(C)c1ccc(C(C)C)cc1.